The number of alkyl halides is 3. The summed E-state index contributed by atoms with van der Waals surface area (Å²) in [5, 5.41) is 7.56. The molecule has 28 heavy (non-hydrogen) atoms. The lowest BCUT2D eigenvalue weighted by molar-refractivity contribution is -0.146. The summed E-state index contributed by atoms with van der Waals surface area (Å²) in [6.45, 7) is 9.14. The normalized spacial score (nSPS) is 19.0. The van der Waals surface area contributed by atoms with Crippen molar-refractivity contribution in [1.29, 1.82) is 0 Å². The Morgan fingerprint density at radius 2 is 2.18 bits per heavy atom. The minimum absolute atomic E-state index is 0. The fourth-order valence-electron chi connectivity index (χ4n) is 3.41. The average Bonchev–Trinajstić information content (AvgIpc) is 3.28. The summed E-state index contributed by atoms with van der Waals surface area (Å²) in [6, 6.07) is 2.13. The first-order valence-electron chi connectivity index (χ1n) is 9.66. The molecule has 1 N–H and O–H groups in total. The van der Waals surface area contributed by atoms with Crippen molar-refractivity contribution in [2.24, 2.45) is 10.9 Å². The molecule has 2 heterocycles. The lowest BCUT2D eigenvalue weighted by atomic mass is 10.1. The van der Waals surface area contributed by atoms with E-state index in [1.165, 1.54) is 10.5 Å². The van der Waals surface area contributed by atoms with Crippen molar-refractivity contribution >= 4 is 41.3 Å². The number of aliphatic imine (C=N–C) groups is 1. The van der Waals surface area contributed by atoms with Gasteiger partial charge in [-0.1, -0.05) is 13.8 Å². The molecule has 2 rings (SSSR count). The van der Waals surface area contributed by atoms with Gasteiger partial charge in [0.15, 0.2) is 5.96 Å². The van der Waals surface area contributed by atoms with Crippen LogP contribution in [0.15, 0.2) is 21.8 Å². The standard InChI is InChI=1S/C19H31F3N4S.HI/c1-4-23-18(24-10-15(3)17-7-9-27-13-17)26-8-6-16(12-26)11-25(5-2)14-19(20,21)22;/h7,9,13,15-16H,4-6,8,10-12,14H2,1-3H3,(H,23,24);1H. The number of hydrogen-bond acceptors (Lipinski definition) is 3. The van der Waals surface area contributed by atoms with Gasteiger partial charge < -0.3 is 10.2 Å². The number of hydrogen-bond donors (Lipinski definition) is 1. The molecule has 9 heteroatoms. The van der Waals surface area contributed by atoms with Crippen LogP contribution in [0.5, 0.6) is 0 Å². The number of halogens is 4. The number of likely N-dealkylation sites (tertiary alicyclic amines) is 1. The van der Waals surface area contributed by atoms with E-state index in [0.29, 0.717) is 25.6 Å². The highest BCUT2D eigenvalue weighted by Gasteiger charge is 2.33. The molecule has 0 aliphatic carbocycles. The number of nitrogens with one attached hydrogen (secondary N) is 1. The van der Waals surface area contributed by atoms with Crippen LogP contribution in [0.3, 0.4) is 0 Å². The van der Waals surface area contributed by atoms with E-state index in [0.717, 1.165) is 32.0 Å². The quantitative estimate of drug-likeness (QED) is 0.301. The maximum absolute atomic E-state index is 12.7. The molecule has 1 fully saturated rings. The van der Waals surface area contributed by atoms with E-state index in [4.69, 9.17) is 4.99 Å². The summed E-state index contributed by atoms with van der Waals surface area (Å²) in [4.78, 5) is 8.47. The third-order valence-corrected chi connectivity index (χ3v) is 5.62. The van der Waals surface area contributed by atoms with Crippen LogP contribution in [0, 0.1) is 5.92 Å². The molecule has 2 unspecified atom stereocenters. The SMILES string of the molecule is CCNC(=NCC(C)c1ccsc1)N1CCC(CN(CC)CC(F)(F)F)C1.I. The van der Waals surface area contributed by atoms with Gasteiger partial charge in [0.1, 0.15) is 0 Å². The lowest BCUT2D eigenvalue weighted by Gasteiger charge is -2.26. The second-order valence-corrected chi connectivity index (χ2v) is 7.98. The predicted molar refractivity (Wildman–Crippen MR) is 122 cm³/mol. The molecule has 0 saturated carbocycles. The molecule has 0 bridgehead atoms. The van der Waals surface area contributed by atoms with E-state index in [1.807, 2.05) is 6.92 Å². The fourth-order valence-corrected chi connectivity index (χ4v) is 4.19. The Morgan fingerprint density at radius 3 is 2.75 bits per heavy atom. The zero-order valence-electron chi connectivity index (χ0n) is 16.8. The molecule has 0 aromatic carbocycles. The van der Waals surface area contributed by atoms with Crippen molar-refractivity contribution < 1.29 is 13.2 Å². The second kappa shape index (κ2) is 12.2. The van der Waals surface area contributed by atoms with Gasteiger partial charge in [-0.15, -0.1) is 24.0 Å². The molecule has 1 saturated heterocycles. The molecule has 0 spiro atoms. The van der Waals surface area contributed by atoms with E-state index in [-0.39, 0.29) is 29.9 Å². The molecule has 1 aromatic rings. The Balaban J connectivity index is 0.00000392. The van der Waals surface area contributed by atoms with Crippen LogP contribution < -0.4 is 5.32 Å². The summed E-state index contributed by atoms with van der Waals surface area (Å²) < 4.78 is 38.1. The van der Waals surface area contributed by atoms with Gasteiger partial charge in [-0.05, 0) is 48.2 Å². The van der Waals surface area contributed by atoms with Gasteiger partial charge in [0.2, 0.25) is 0 Å². The third-order valence-electron chi connectivity index (χ3n) is 4.91. The van der Waals surface area contributed by atoms with E-state index in [9.17, 15) is 13.2 Å². The summed E-state index contributed by atoms with van der Waals surface area (Å²) in [6.07, 6.45) is -3.23. The van der Waals surface area contributed by atoms with Crippen molar-refractivity contribution in [3.05, 3.63) is 22.4 Å². The van der Waals surface area contributed by atoms with Gasteiger partial charge in [0, 0.05) is 38.6 Å². The minimum atomic E-state index is -4.14. The average molecular weight is 532 g/mol. The highest BCUT2D eigenvalue weighted by atomic mass is 127. The minimum Gasteiger partial charge on any atom is -0.357 e. The first-order chi connectivity index (χ1) is 12.8. The second-order valence-electron chi connectivity index (χ2n) is 7.20. The first-order valence-corrected chi connectivity index (χ1v) is 10.6. The largest absolute Gasteiger partial charge is 0.401 e. The summed E-state index contributed by atoms with van der Waals surface area (Å²) >= 11 is 1.69. The topological polar surface area (TPSA) is 30.9 Å². The van der Waals surface area contributed by atoms with Crippen LogP contribution in [0.1, 0.15) is 38.7 Å². The molecule has 2 atom stereocenters. The molecule has 162 valence electrons. The van der Waals surface area contributed by atoms with Gasteiger partial charge >= 0.3 is 6.18 Å². The smallest absolute Gasteiger partial charge is 0.357 e. The Morgan fingerprint density at radius 1 is 1.43 bits per heavy atom. The maximum Gasteiger partial charge on any atom is 0.401 e. The molecule has 1 aromatic heterocycles. The molecular formula is C19H32F3IN4S. The van der Waals surface area contributed by atoms with E-state index in [1.54, 1.807) is 18.3 Å². The predicted octanol–water partition coefficient (Wildman–Crippen LogP) is 4.64. The van der Waals surface area contributed by atoms with Crippen molar-refractivity contribution in [1.82, 2.24) is 15.1 Å². The van der Waals surface area contributed by atoms with Crippen LogP contribution in [-0.4, -0.2) is 67.7 Å². The first kappa shape index (κ1) is 25.5. The van der Waals surface area contributed by atoms with E-state index in [2.05, 4.69) is 34.0 Å². The zero-order chi connectivity index (χ0) is 19.9. The van der Waals surface area contributed by atoms with E-state index >= 15 is 0 Å². The number of rotatable bonds is 8. The molecular weight excluding hydrogens is 500 g/mol. The van der Waals surface area contributed by atoms with Crippen LogP contribution in [0.25, 0.3) is 0 Å². The maximum atomic E-state index is 12.7. The summed E-state index contributed by atoms with van der Waals surface area (Å²) in [7, 11) is 0. The Bertz CT molecular complexity index is 580. The van der Waals surface area contributed by atoms with Crippen LogP contribution in [-0.2, 0) is 0 Å². The molecule has 0 amide bonds. The van der Waals surface area contributed by atoms with Crippen LogP contribution >= 0.6 is 35.3 Å². The Kier molecular flexibility index (Phi) is 11.1. The molecule has 1 aliphatic heterocycles. The van der Waals surface area contributed by atoms with E-state index < -0.39 is 12.7 Å². The highest BCUT2D eigenvalue weighted by Crippen LogP contribution is 2.22. The molecule has 1 aliphatic rings. The summed E-state index contributed by atoms with van der Waals surface area (Å²) in [5.74, 6) is 1.47. The van der Waals surface area contributed by atoms with Gasteiger partial charge in [0.05, 0.1) is 6.54 Å². The van der Waals surface area contributed by atoms with Gasteiger partial charge in [-0.25, -0.2) is 0 Å². The van der Waals surface area contributed by atoms with Crippen molar-refractivity contribution in [3.8, 4) is 0 Å². The number of guanidine groups is 1. The molecule has 0 radical (unpaired) electrons. The van der Waals surface area contributed by atoms with Gasteiger partial charge in [-0.2, -0.15) is 24.5 Å². The lowest BCUT2D eigenvalue weighted by Crippen LogP contribution is -2.42. The van der Waals surface area contributed by atoms with Crippen LogP contribution in [0.4, 0.5) is 13.2 Å². The highest BCUT2D eigenvalue weighted by molar-refractivity contribution is 14.0. The summed E-state index contributed by atoms with van der Waals surface area (Å²) in [5.41, 5.74) is 1.30. The van der Waals surface area contributed by atoms with Crippen LogP contribution in [0.2, 0.25) is 0 Å². The molecule has 4 nitrogen and oxygen atoms in total. The third kappa shape index (κ3) is 8.44. The van der Waals surface area contributed by atoms with Gasteiger partial charge in [-0.3, -0.25) is 9.89 Å². The number of thiophene rings is 1. The van der Waals surface area contributed by atoms with Crippen molar-refractivity contribution in [3.63, 3.8) is 0 Å². The Labute approximate surface area is 187 Å². The number of nitrogens with zero attached hydrogens (tertiary/aromatic N) is 3. The fraction of sp³-hybridized carbons (Fsp3) is 0.737. The zero-order valence-corrected chi connectivity index (χ0v) is 20.0. The van der Waals surface area contributed by atoms with Crippen molar-refractivity contribution in [2.45, 2.75) is 39.3 Å². The van der Waals surface area contributed by atoms with Crippen molar-refractivity contribution in [2.75, 3.05) is 45.8 Å². The van der Waals surface area contributed by atoms with Gasteiger partial charge in [0.25, 0.3) is 0 Å². The monoisotopic (exact) mass is 532 g/mol. The Hall–Kier alpha value is -0.550.